The predicted molar refractivity (Wildman–Crippen MR) is 363 cm³/mol. The van der Waals surface area contributed by atoms with Gasteiger partial charge in [-0.25, -0.2) is 5.01 Å². The van der Waals surface area contributed by atoms with E-state index in [1.807, 2.05) is 80.5 Å². The molecule has 1 unspecified atom stereocenters. The molecule has 0 bridgehead atoms. The number of amides is 1. The summed E-state index contributed by atoms with van der Waals surface area (Å²) in [5.41, 5.74) is 14.8. The van der Waals surface area contributed by atoms with Crippen LogP contribution in [0.15, 0.2) is 51.1 Å². The summed E-state index contributed by atoms with van der Waals surface area (Å²) in [6.45, 7) is 65.1. The van der Waals surface area contributed by atoms with Crippen LogP contribution in [0.25, 0.3) is 0 Å². The van der Waals surface area contributed by atoms with E-state index in [1.54, 1.807) is 41.9 Å². The summed E-state index contributed by atoms with van der Waals surface area (Å²) >= 11 is 0. The highest BCUT2D eigenvalue weighted by Gasteiger charge is 2.56. The minimum Gasteiger partial charge on any atom is -0.299 e. The van der Waals surface area contributed by atoms with Crippen LogP contribution in [0.2, 0.25) is 0 Å². The number of nitrogens with zero attached hydrogens (tertiary/aromatic N) is 4. The zero-order valence-corrected chi connectivity index (χ0v) is 60.4. The molecule has 3 heterocycles. The van der Waals surface area contributed by atoms with Gasteiger partial charge >= 0.3 is 0 Å². The Labute approximate surface area is 524 Å². The lowest BCUT2D eigenvalue weighted by Gasteiger charge is -2.57. The van der Waals surface area contributed by atoms with E-state index in [9.17, 15) is 28.8 Å². The first-order valence-electron chi connectivity index (χ1n) is 32.1. The second kappa shape index (κ2) is 25.0. The molecule has 12 heteroatoms. The number of Topliss-reactive ketones (excluding diaryl/α,β-unsaturated/α-hetero) is 1. The molecule has 9 rings (SSSR count). The Hall–Kier alpha value is -6.17. The first-order valence-corrected chi connectivity index (χ1v) is 32.1. The molecule has 1 atom stereocenters. The molecule has 2 N–H and O–H groups in total. The van der Waals surface area contributed by atoms with Gasteiger partial charge in [0.2, 0.25) is 11.6 Å². The molecule has 3 aromatic carbocycles. The third-order valence-electron chi connectivity index (χ3n) is 23.4. The summed E-state index contributed by atoms with van der Waals surface area (Å²) in [5, 5.41) is 11.3. The molecule has 480 valence electrons. The van der Waals surface area contributed by atoms with Crippen LogP contribution >= 0.6 is 0 Å². The number of aromatic amines is 2. The Morgan fingerprint density at radius 1 is 0.437 bits per heavy atom. The van der Waals surface area contributed by atoms with Crippen molar-refractivity contribution in [1.29, 1.82) is 0 Å². The fraction of sp³-hybridized carbons (Fsp3) is 0.613. The summed E-state index contributed by atoms with van der Waals surface area (Å²) in [7, 11) is 4.88. The van der Waals surface area contributed by atoms with Gasteiger partial charge in [0.15, 0.2) is 5.78 Å². The number of H-pyrrole nitrogens is 2. The lowest BCUT2D eigenvalue weighted by molar-refractivity contribution is -0.129. The minimum absolute atomic E-state index is 0.0551. The van der Waals surface area contributed by atoms with Crippen molar-refractivity contribution >= 4 is 29.0 Å². The maximum atomic E-state index is 13.3. The van der Waals surface area contributed by atoms with Gasteiger partial charge < -0.3 is 0 Å². The van der Waals surface area contributed by atoms with Gasteiger partial charge in [-0.15, -0.1) is 0 Å². The van der Waals surface area contributed by atoms with Gasteiger partial charge in [-0.1, -0.05) is 203 Å². The average Bonchev–Trinajstić information content (AvgIpc) is 1.33. The third-order valence-corrected chi connectivity index (χ3v) is 23.4. The topological polar surface area (TPSA) is 159 Å². The van der Waals surface area contributed by atoms with Crippen LogP contribution in [0, 0.1) is 73.0 Å². The van der Waals surface area contributed by atoms with Gasteiger partial charge in [-0.05, 0) is 160 Å². The summed E-state index contributed by atoms with van der Waals surface area (Å²) in [5.74, 6) is -1.54. The van der Waals surface area contributed by atoms with Crippen LogP contribution in [0.4, 0.5) is 0 Å². The van der Waals surface area contributed by atoms with Crippen LogP contribution in [-0.2, 0) is 54.4 Å². The lowest BCUT2D eigenvalue weighted by Crippen LogP contribution is -2.52. The lowest BCUT2D eigenvalue weighted by atomic mass is 9.47. The number of rotatable bonds is 6. The smallest absolute Gasteiger partial charge is 0.277 e. The average molecular weight is 1200 g/mol. The number of aromatic nitrogens is 4. The van der Waals surface area contributed by atoms with Gasteiger partial charge in [0.1, 0.15) is 17.0 Å². The van der Waals surface area contributed by atoms with E-state index < -0.39 is 5.92 Å². The number of hydrogen-bond acceptors (Lipinski definition) is 7. The fourth-order valence-electron chi connectivity index (χ4n) is 15.0. The number of fused-ring (bicyclic) bond motifs is 3. The quantitative estimate of drug-likeness (QED) is 0.127. The third kappa shape index (κ3) is 11.6. The summed E-state index contributed by atoms with van der Waals surface area (Å²) < 4.78 is 2.73. The SMILES string of the molecule is CC.CC.CC.CC1=NN(C)C(=O)C1C(=O)c1ccc2c(c1C)C(C)(C)C(C)(C)C(C)(C)C2.Cc1[nH]n(C)c(=O)c1C(=O)c1ccc2c(c1C)C(C)(C)C(C)(C)C(C)(C)C2.Cc1[nH]n(C)c(=O)c1C(=O)c1ccc2c(c1C)C(C)(C)C(C)(C)C(C)(C)C2. The molecule has 0 fully saturated rings. The number of benzene rings is 3. The maximum Gasteiger partial charge on any atom is 0.277 e. The Morgan fingerprint density at radius 2 is 0.701 bits per heavy atom. The van der Waals surface area contributed by atoms with Crippen LogP contribution < -0.4 is 11.1 Å². The first kappa shape index (κ1) is 73.3. The molecule has 87 heavy (non-hydrogen) atoms. The van der Waals surface area contributed by atoms with E-state index in [-0.39, 0.29) is 94.2 Å². The number of ketones is 3. The van der Waals surface area contributed by atoms with E-state index in [0.717, 1.165) is 36.0 Å². The van der Waals surface area contributed by atoms with Gasteiger partial charge in [0.05, 0.1) is 5.71 Å². The highest BCUT2D eigenvalue weighted by molar-refractivity contribution is 6.26. The van der Waals surface area contributed by atoms with Gasteiger partial charge in [-0.3, -0.25) is 48.3 Å². The number of nitrogens with one attached hydrogen (secondary N) is 2. The minimum atomic E-state index is -0.789. The molecule has 1 aliphatic heterocycles. The number of hydrogen-bond donors (Lipinski definition) is 2. The Kier molecular flexibility index (Phi) is 21.1. The molecule has 1 amide bonds. The van der Waals surface area contributed by atoms with Crippen molar-refractivity contribution in [3.8, 4) is 0 Å². The van der Waals surface area contributed by atoms with Crippen molar-refractivity contribution in [2.24, 2.45) is 57.6 Å². The zero-order valence-electron chi connectivity index (χ0n) is 60.4. The molecule has 12 nitrogen and oxygen atoms in total. The molecule has 4 aliphatic rings. The molecule has 0 saturated carbocycles. The number of carbonyl (C=O) groups excluding carboxylic acids is 4. The Balaban J connectivity index is 0.000000267. The number of hydrazone groups is 1. The number of aryl methyl sites for hydroxylation is 4. The van der Waals surface area contributed by atoms with Crippen LogP contribution in [0.1, 0.15) is 277 Å². The Bertz CT molecular complexity index is 3460. The van der Waals surface area contributed by atoms with E-state index in [0.29, 0.717) is 33.8 Å². The molecular formula is C75H114N6O6. The van der Waals surface area contributed by atoms with Crippen molar-refractivity contribution in [3.05, 3.63) is 146 Å². The highest BCUT2D eigenvalue weighted by atomic mass is 16.2. The van der Waals surface area contributed by atoms with Crippen LogP contribution in [0.5, 0.6) is 0 Å². The van der Waals surface area contributed by atoms with Crippen molar-refractivity contribution in [2.45, 2.75) is 243 Å². The molecule has 5 aromatic rings. The van der Waals surface area contributed by atoms with Gasteiger partial charge in [0.25, 0.3) is 17.0 Å². The Morgan fingerprint density at radius 3 is 0.943 bits per heavy atom. The fourth-order valence-corrected chi connectivity index (χ4v) is 15.0. The maximum absolute atomic E-state index is 13.3. The molecule has 0 spiro atoms. The van der Waals surface area contributed by atoms with Crippen molar-refractivity contribution in [1.82, 2.24) is 24.6 Å². The van der Waals surface area contributed by atoms with Gasteiger partial charge in [-0.2, -0.15) is 5.10 Å². The molecule has 2 aromatic heterocycles. The van der Waals surface area contributed by atoms with Crippen molar-refractivity contribution in [2.75, 3.05) is 7.05 Å². The van der Waals surface area contributed by atoms with E-state index >= 15 is 0 Å². The van der Waals surface area contributed by atoms with Gasteiger partial charge in [0, 0.05) is 49.2 Å². The number of carbonyl (C=O) groups is 4. The molecule has 0 saturated heterocycles. The largest absolute Gasteiger partial charge is 0.299 e. The van der Waals surface area contributed by atoms with E-state index in [1.165, 1.54) is 47.8 Å². The first-order chi connectivity index (χ1) is 39.7. The second-order valence-corrected chi connectivity index (χ2v) is 29.8. The highest BCUT2D eigenvalue weighted by Crippen LogP contribution is 2.62. The second-order valence-electron chi connectivity index (χ2n) is 29.8. The molecule has 3 aliphatic carbocycles. The molecular weight excluding hydrogens is 1080 g/mol. The van der Waals surface area contributed by atoms with Crippen molar-refractivity contribution < 1.29 is 19.2 Å². The van der Waals surface area contributed by atoms with E-state index in [2.05, 4.69) is 158 Å². The zero-order chi connectivity index (χ0) is 67.6. The van der Waals surface area contributed by atoms with E-state index in [4.69, 9.17) is 0 Å². The standard InChI is InChI=1S/3C23H32N2O2.3C2H6/c3*1-13-16(19(26)17-14(2)24-25(9)20(17)27)11-10-15-12-21(3,4)23(7,8)22(5,6)18(13)15;3*1-2/h2*10-11,24H,12H2,1-9H3;10-11,17H,12H2,1-9H3;3*1-2H3. The van der Waals surface area contributed by atoms with Crippen LogP contribution in [0.3, 0.4) is 0 Å². The van der Waals surface area contributed by atoms with Crippen LogP contribution in [-0.4, -0.2) is 60.6 Å². The monoisotopic (exact) mass is 1190 g/mol. The molecule has 0 radical (unpaired) electrons. The van der Waals surface area contributed by atoms with Crippen molar-refractivity contribution in [3.63, 3.8) is 0 Å². The summed E-state index contributed by atoms with van der Waals surface area (Å²) in [6.07, 6.45) is 2.96. The summed E-state index contributed by atoms with van der Waals surface area (Å²) in [4.78, 5) is 77.1. The summed E-state index contributed by atoms with van der Waals surface area (Å²) in [6, 6.07) is 12.0. The normalized spacial score (nSPS) is 20.2. The predicted octanol–water partition coefficient (Wildman–Crippen LogP) is 16.5.